The summed E-state index contributed by atoms with van der Waals surface area (Å²) in [5.74, 6) is -1.05. The van der Waals surface area contributed by atoms with Crippen LogP contribution in [0.3, 0.4) is 0 Å². The summed E-state index contributed by atoms with van der Waals surface area (Å²) >= 11 is 0. The minimum Gasteiger partial charge on any atom is -0.480 e. The van der Waals surface area contributed by atoms with Gasteiger partial charge in [0.05, 0.1) is 5.60 Å². The third kappa shape index (κ3) is 7.26. The minimum absolute atomic E-state index is 0.152. The SMILES string of the molecule is CN(C)CC(C)(O)CNCC(N)C(=O)O. The van der Waals surface area contributed by atoms with Crippen LogP contribution in [0.5, 0.6) is 0 Å². The lowest BCUT2D eigenvalue weighted by atomic mass is 10.1. The number of likely N-dealkylation sites (N-methyl/N-ethyl adjacent to an activating group) is 1. The molecule has 0 amide bonds. The maximum atomic E-state index is 10.4. The number of hydrogen-bond donors (Lipinski definition) is 4. The molecule has 0 radical (unpaired) electrons. The number of hydrogen-bond acceptors (Lipinski definition) is 5. The Morgan fingerprint density at radius 3 is 2.53 bits per heavy atom. The maximum absolute atomic E-state index is 10.4. The van der Waals surface area contributed by atoms with Gasteiger partial charge in [-0.3, -0.25) is 4.79 Å². The number of rotatable bonds is 7. The smallest absolute Gasteiger partial charge is 0.321 e. The number of carboxylic acids is 1. The van der Waals surface area contributed by atoms with E-state index >= 15 is 0 Å². The van der Waals surface area contributed by atoms with Crippen LogP contribution in [0.4, 0.5) is 0 Å². The van der Waals surface area contributed by atoms with Crippen molar-refractivity contribution in [2.75, 3.05) is 33.7 Å². The van der Waals surface area contributed by atoms with Crippen LogP contribution in [0.25, 0.3) is 0 Å². The van der Waals surface area contributed by atoms with Crippen LogP contribution in [-0.2, 0) is 4.79 Å². The van der Waals surface area contributed by atoms with Crippen molar-refractivity contribution in [3.8, 4) is 0 Å². The van der Waals surface area contributed by atoms with Crippen molar-refractivity contribution in [3.63, 3.8) is 0 Å². The predicted molar refractivity (Wildman–Crippen MR) is 57.7 cm³/mol. The predicted octanol–water partition coefficient (Wildman–Crippen LogP) is -1.70. The molecule has 0 aromatic carbocycles. The molecule has 15 heavy (non-hydrogen) atoms. The summed E-state index contributed by atoms with van der Waals surface area (Å²) in [6.45, 7) is 2.65. The minimum atomic E-state index is -1.05. The van der Waals surface area contributed by atoms with Crippen molar-refractivity contribution in [2.45, 2.75) is 18.6 Å². The highest BCUT2D eigenvalue weighted by atomic mass is 16.4. The second kappa shape index (κ2) is 6.02. The summed E-state index contributed by atoms with van der Waals surface area (Å²) in [5.41, 5.74) is 4.41. The molecule has 0 saturated carbocycles. The van der Waals surface area contributed by atoms with Crippen molar-refractivity contribution < 1.29 is 15.0 Å². The van der Waals surface area contributed by atoms with Gasteiger partial charge in [-0.05, 0) is 21.0 Å². The Bertz CT molecular complexity index is 207. The fourth-order valence-electron chi connectivity index (χ4n) is 1.32. The molecule has 0 saturated heterocycles. The van der Waals surface area contributed by atoms with Gasteiger partial charge >= 0.3 is 5.97 Å². The van der Waals surface area contributed by atoms with Gasteiger partial charge in [0.15, 0.2) is 0 Å². The van der Waals surface area contributed by atoms with Crippen LogP contribution in [0.15, 0.2) is 0 Å². The largest absolute Gasteiger partial charge is 0.480 e. The van der Waals surface area contributed by atoms with E-state index in [1.54, 1.807) is 6.92 Å². The lowest BCUT2D eigenvalue weighted by Gasteiger charge is -2.27. The highest BCUT2D eigenvalue weighted by molar-refractivity contribution is 5.73. The number of carboxylic acid groups (broad SMARTS) is 1. The number of nitrogens with one attached hydrogen (secondary N) is 1. The van der Waals surface area contributed by atoms with Crippen molar-refractivity contribution in [1.82, 2.24) is 10.2 Å². The van der Waals surface area contributed by atoms with Gasteiger partial charge in [-0.2, -0.15) is 0 Å². The fraction of sp³-hybridized carbons (Fsp3) is 0.889. The molecule has 0 rings (SSSR count). The van der Waals surface area contributed by atoms with Crippen LogP contribution in [0.2, 0.25) is 0 Å². The van der Waals surface area contributed by atoms with Crippen LogP contribution in [-0.4, -0.2) is 66.5 Å². The van der Waals surface area contributed by atoms with Gasteiger partial charge in [0.25, 0.3) is 0 Å². The normalized spacial score (nSPS) is 17.5. The van der Waals surface area contributed by atoms with Crippen LogP contribution >= 0.6 is 0 Å². The molecule has 0 aliphatic heterocycles. The van der Waals surface area contributed by atoms with E-state index in [9.17, 15) is 9.90 Å². The summed E-state index contributed by atoms with van der Waals surface area (Å²) < 4.78 is 0. The molecule has 2 atom stereocenters. The van der Waals surface area contributed by atoms with Crippen molar-refractivity contribution >= 4 is 5.97 Å². The van der Waals surface area contributed by atoms with Gasteiger partial charge in [-0.25, -0.2) is 0 Å². The number of aliphatic hydroxyl groups is 1. The van der Waals surface area contributed by atoms with E-state index in [0.717, 1.165) is 0 Å². The monoisotopic (exact) mass is 219 g/mol. The second-order valence-electron chi connectivity index (χ2n) is 4.31. The molecule has 2 unspecified atom stereocenters. The van der Waals surface area contributed by atoms with Crippen molar-refractivity contribution in [2.24, 2.45) is 5.73 Å². The zero-order valence-electron chi connectivity index (χ0n) is 9.53. The summed E-state index contributed by atoms with van der Waals surface area (Å²) in [6, 6.07) is -0.930. The number of carbonyl (C=O) groups is 1. The average molecular weight is 219 g/mol. The zero-order valence-corrected chi connectivity index (χ0v) is 9.53. The molecule has 0 bridgehead atoms. The summed E-state index contributed by atoms with van der Waals surface area (Å²) in [6.07, 6.45) is 0. The highest BCUT2D eigenvalue weighted by Crippen LogP contribution is 2.02. The number of aliphatic carboxylic acids is 1. The van der Waals surface area contributed by atoms with E-state index in [1.807, 2.05) is 19.0 Å². The number of nitrogens with two attached hydrogens (primary N) is 1. The third-order valence-corrected chi connectivity index (χ3v) is 1.84. The first-order chi connectivity index (χ1) is 6.74. The van der Waals surface area contributed by atoms with Crippen LogP contribution < -0.4 is 11.1 Å². The number of nitrogens with zero attached hydrogens (tertiary/aromatic N) is 1. The fourth-order valence-corrected chi connectivity index (χ4v) is 1.32. The molecular formula is C9H21N3O3. The zero-order chi connectivity index (χ0) is 12.1. The van der Waals surface area contributed by atoms with E-state index in [1.165, 1.54) is 0 Å². The van der Waals surface area contributed by atoms with Gasteiger partial charge in [-0.1, -0.05) is 0 Å². The molecule has 0 aliphatic rings. The Morgan fingerprint density at radius 1 is 1.60 bits per heavy atom. The van der Waals surface area contributed by atoms with E-state index in [2.05, 4.69) is 5.32 Å². The van der Waals surface area contributed by atoms with Crippen molar-refractivity contribution in [3.05, 3.63) is 0 Å². The molecule has 6 nitrogen and oxygen atoms in total. The van der Waals surface area contributed by atoms with Crippen LogP contribution in [0.1, 0.15) is 6.92 Å². The Hall–Kier alpha value is -0.690. The van der Waals surface area contributed by atoms with E-state index in [-0.39, 0.29) is 6.54 Å². The summed E-state index contributed by atoms with van der Waals surface area (Å²) in [4.78, 5) is 12.3. The first-order valence-corrected chi connectivity index (χ1v) is 4.81. The molecule has 6 heteroatoms. The van der Waals surface area contributed by atoms with Gasteiger partial charge in [0.1, 0.15) is 6.04 Å². The molecule has 0 heterocycles. The molecule has 90 valence electrons. The Balaban J connectivity index is 3.79. The van der Waals surface area contributed by atoms with Crippen molar-refractivity contribution in [1.29, 1.82) is 0 Å². The summed E-state index contributed by atoms with van der Waals surface area (Å²) in [5, 5.41) is 21.2. The Labute approximate surface area is 90.1 Å². The van der Waals surface area contributed by atoms with E-state index < -0.39 is 17.6 Å². The van der Waals surface area contributed by atoms with Gasteiger partial charge in [0, 0.05) is 19.6 Å². The second-order valence-corrected chi connectivity index (χ2v) is 4.31. The molecule has 0 spiro atoms. The standard InChI is InChI=1S/C9H21N3O3/c1-9(15,6-12(2)3)5-11-4-7(10)8(13)14/h7,11,15H,4-6,10H2,1-3H3,(H,13,14). The highest BCUT2D eigenvalue weighted by Gasteiger charge is 2.21. The molecule has 0 aromatic rings. The maximum Gasteiger partial charge on any atom is 0.321 e. The third-order valence-electron chi connectivity index (χ3n) is 1.84. The summed E-state index contributed by atoms with van der Waals surface area (Å²) in [7, 11) is 3.72. The molecule has 0 aliphatic carbocycles. The first kappa shape index (κ1) is 14.3. The van der Waals surface area contributed by atoms with E-state index in [0.29, 0.717) is 13.1 Å². The Kier molecular flexibility index (Phi) is 5.74. The lowest BCUT2D eigenvalue weighted by Crippen LogP contribution is -2.49. The quantitative estimate of drug-likeness (QED) is 0.407. The lowest BCUT2D eigenvalue weighted by molar-refractivity contribution is -0.138. The average Bonchev–Trinajstić information content (AvgIpc) is 2.00. The van der Waals surface area contributed by atoms with Gasteiger partial charge in [0.2, 0.25) is 0 Å². The molecule has 0 aromatic heterocycles. The molecule has 0 fully saturated rings. The first-order valence-electron chi connectivity index (χ1n) is 4.81. The van der Waals surface area contributed by atoms with Gasteiger partial charge < -0.3 is 26.2 Å². The molecule has 5 N–H and O–H groups in total. The van der Waals surface area contributed by atoms with E-state index in [4.69, 9.17) is 10.8 Å². The Morgan fingerprint density at radius 2 is 2.13 bits per heavy atom. The topological polar surface area (TPSA) is 98.8 Å². The molecular weight excluding hydrogens is 198 g/mol. The van der Waals surface area contributed by atoms with Crippen LogP contribution in [0, 0.1) is 0 Å². The van der Waals surface area contributed by atoms with Gasteiger partial charge in [-0.15, -0.1) is 0 Å².